The van der Waals surface area contributed by atoms with Crippen molar-refractivity contribution in [1.82, 2.24) is 4.90 Å². The summed E-state index contributed by atoms with van der Waals surface area (Å²) in [5, 5.41) is 9.77. The number of likely N-dealkylation sites (tertiary alicyclic amines) is 1. The van der Waals surface area contributed by atoms with Crippen molar-refractivity contribution in [2.24, 2.45) is 17.6 Å². The highest BCUT2D eigenvalue weighted by molar-refractivity contribution is 5.19. The van der Waals surface area contributed by atoms with Crippen LogP contribution in [0.15, 0.2) is 30.3 Å². The lowest BCUT2D eigenvalue weighted by Crippen LogP contribution is -2.44. The van der Waals surface area contributed by atoms with E-state index in [0.29, 0.717) is 11.8 Å². The zero-order valence-electron chi connectivity index (χ0n) is 12.0. The second-order valence-corrected chi connectivity index (χ2v) is 6.01. The Hall–Kier alpha value is -0.900. The van der Waals surface area contributed by atoms with Crippen LogP contribution in [-0.2, 0) is 0 Å². The predicted octanol–water partition coefficient (Wildman–Crippen LogP) is 2.03. The molecular formula is C16H26N2O. The number of benzene rings is 1. The van der Waals surface area contributed by atoms with E-state index in [-0.39, 0.29) is 12.1 Å². The summed E-state index contributed by atoms with van der Waals surface area (Å²) in [6.45, 7) is 7.31. The third-order valence-corrected chi connectivity index (χ3v) is 4.29. The van der Waals surface area contributed by atoms with Gasteiger partial charge in [-0.2, -0.15) is 0 Å². The molecule has 0 amide bonds. The van der Waals surface area contributed by atoms with Gasteiger partial charge >= 0.3 is 0 Å². The van der Waals surface area contributed by atoms with Gasteiger partial charge in [0.15, 0.2) is 0 Å². The first-order valence-corrected chi connectivity index (χ1v) is 7.29. The smallest absolute Gasteiger partial charge is 0.0590 e. The highest BCUT2D eigenvalue weighted by Gasteiger charge is 2.26. The minimum absolute atomic E-state index is 0.0864. The summed E-state index contributed by atoms with van der Waals surface area (Å²) in [7, 11) is 0. The van der Waals surface area contributed by atoms with E-state index < -0.39 is 0 Å². The summed E-state index contributed by atoms with van der Waals surface area (Å²) in [6, 6.07) is 10.4. The second kappa shape index (κ2) is 6.51. The molecule has 19 heavy (non-hydrogen) atoms. The van der Waals surface area contributed by atoms with Crippen molar-refractivity contribution in [1.29, 1.82) is 0 Å². The molecular weight excluding hydrogens is 236 g/mol. The van der Waals surface area contributed by atoms with E-state index in [1.807, 2.05) is 18.2 Å². The van der Waals surface area contributed by atoms with Crippen molar-refractivity contribution < 1.29 is 5.11 Å². The van der Waals surface area contributed by atoms with Gasteiger partial charge in [-0.3, -0.25) is 0 Å². The maximum atomic E-state index is 9.77. The third-order valence-electron chi connectivity index (χ3n) is 4.29. The van der Waals surface area contributed by atoms with Crippen LogP contribution in [0.1, 0.15) is 31.9 Å². The minimum Gasteiger partial charge on any atom is -0.393 e. The number of aliphatic hydroxyl groups excluding tert-OH is 1. The molecule has 3 N–H and O–H groups in total. The summed E-state index contributed by atoms with van der Waals surface area (Å²) < 4.78 is 0. The molecule has 1 aliphatic heterocycles. The Labute approximate surface area is 116 Å². The molecule has 2 rings (SSSR count). The maximum Gasteiger partial charge on any atom is 0.0590 e. The molecule has 1 aromatic carbocycles. The first-order valence-electron chi connectivity index (χ1n) is 7.29. The van der Waals surface area contributed by atoms with Gasteiger partial charge in [0.25, 0.3) is 0 Å². The van der Waals surface area contributed by atoms with E-state index in [4.69, 9.17) is 5.73 Å². The lowest BCUT2D eigenvalue weighted by Gasteiger charge is -2.36. The van der Waals surface area contributed by atoms with E-state index in [1.54, 1.807) is 0 Å². The number of nitrogens with two attached hydrogens (primary N) is 1. The molecule has 0 radical (unpaired) electrons. The number of rotatable bonds is 4. The van der Waals surface area contributed by atoms with Gasteiger partial charge in [0.1, 0.15) is 0 Å². The zero-order valence-corrected chi connectivity index (χ0v) is 12.0. The maximum absolute atomic E-state index is 9.77. The van der Waals surface area contributed by atoms with Crippen LogP contribution in [0, 0.1) is 11.8 Å². The molecule has 0 spiro atoms. The van der Waals surface area contributed by atoms with Gasteiger partial charge in [-0.1, -0.05) is 44.2 Å². The molecule has 1 heterocycles. The van der Waals surface area contributed by atoms with Crippen LogP contribution in [0.3, 0.4) is 0 Å². The van der Waals surface area contributed by atoms with E-state index in [9.17, 15) is 5.11 Å². The van der Waals surface area contributed by atoms with Crippen LogP contribution < -0.4 is 5.73 Å². The summed E-state index contributed by atoms with van der Waals surface area (Å²) in [5.41, 5.74) is 7.55. The van der Waals surface area contributed by atoms with Crippen LogP contribution in [0.2, 0.25) is 0 Å². The number of nitrogens with zero attached hydrogens (tertiary/aromatic N) is 1. The molecule has 0 bridgehead atoms. The van der Waals surface area contributed by atoms with E-state index in [1.165, 1.54) is 5.56 Å². The first kappa shape index (κ1) is 14.5. The van der Waals surface area contributed by atoms with Gasteiger partial charge in [-0.05, 0) is 23.8 Å². The molecule has 4 atom stereocenters. The average Bonchev–Trinajstić information content (AvgIpc) is 2.43. The highest BCUT2D eigenvalue weighted by atomic mass is 16.3. The number of hydrogen-bond acceptors (Lipinski definition) is 3. The van der Waals surface area contributed by atoms with Crippen molar-refractivity contribution in [3.63, 3.8) is 0 Å². The average molecular weight is 262 g/mol. The van der Waals surface area contributed by atoms with Gasteiger partial charge in [-0.15, -0.1) is 0 Å². The van der Waals surface area contributed by atoms with Crippen molar-refractivity contribution in [3.8, 4) is 0 Å². The fourth-order valence-electron chi connectivity index (χ4n) is 2.91. The normalized spacial score (nSPS) is 28.0. The van der Waals surface area contributed by atoms with Crippen LogP contribution in [0.5, 0.6) is 0 Å². The van der Waals surface area contributed by atoms with Crippen molar-refractivity contribution in [2.45, 2.75) is 32.4 Å². The molecule has 1 fully saturated rings. The van der Waals surface area contributed by atoms with E-state index >= 15 is 0 Å². The molecule has 3 heteroatoms. The molecule has 0 saturated carbocycles. The summed E-state index contributed by atoms with van der Waals surface area (Å²) >= 11 is 0. The molecule has 106 valence electrons. The monoisotopic (exact) mass is 262 g/mol. The third kappa shape index (κ3) is 3.78. The number of aliphatic hydroxyl groups is 1. The van der Waals surface area contributed by atoms with Gasteiger partial charge in [0.05, 0.1) is 6.10 Å². The van der Waals surface area contributed by atoms with Crippen LogP contribution >= 0.6 is 0 Å². The minimum atomic E-state index is -0.130. The van der Waals surface area contributed by atoms with Crippen LogP contribution in [-0.4, -0.2) is 35.7 Å². The SMILES string of the molecule is CC1CN(CC(C)C(N)c2ccccc2)CCC1O. The molecule has 1 saturated heterocycles. The zero-order chi connectivity index (χ0) is 13.8. The summed E-state index contributed by atoms with van der Waals surface area (Å²) in [6.07, 6.45) is 0.753. The lowest BCUT2D eigenvalue weighted by atomic mass is 9.92. The van der Waals surface area contributed by atoms with Crippen molar-refractivity contribution in [2.75, 3.05) is 19.6 Å². The Morgan fingerprint density at radius 3 is 2.68 bits per heavy atom. The van der Waals surface area contributed by atoms with E-state index in [0.717, 1.165) is 26.1 Å². The number of piperidine rings is 1. The second-order valence-electron chi connectivity index (χ2n) is 6.01. The Balaban J connectivity index is 1.89. The fraction of sp³-hybridized carbons (Fsp3) is 0.625. The standard InChI is InChI=1S/C16H26N2O/c1-12-10-18(9-8-15(12)19)11-13(2)16(17)14-6-4-3-5-7-14/h3-7,12-13,15-16,19H,8-11,17H2,1-2H3. The topological polar surface area (TPSA) is 49.5 Å². The Morgan fingerprint density at radius 1 is 1.37 bits per heavy atom. The van der Waals surface area contributed by atoms with Gasteiger partial charge in [0.2, 0.25) is 0 Å². The van der Waals surface area contributed by atoms with Crippen molar-refractivity contribution >= 4 is 0 Å². The molecule has 4 unspecified atom stereocenters. The summed E-state index contributed by atoms with van der Waals surface area (Å²) in [5.74, 6) is 0.791. The lowest BCUT2D eigenvalue weighted by molar-refractivity contribution is 0.0286. The van der Waals surface area contributed by atoms with Gasteiger partial charge < -0.3 is 15.7 Å². The molecule has 1 aliphatic rings. The molecule has 0 aromatic heterocycles. The summed E-state index contributed by atoms with van der Waals surface area (Å²) in [4.78, 5) is 2.44. The Morgan fingerprint density at radius 2 is 2.05 bits per heavy atom. The first-order chi connectivity index (χ1) is 9.08. The Bertz CT molecular complexity index is 382. The fourth-order valence-corrected chi connectivity index (χ4v) is 2.91. The highest BCUT2D eigenvalue weighted by Crippen LogP contribution is 2.23. The van der Waals surface area contributed by atoms with Gasteiger partial charge in [0, 0.05) is 25.7 Å². The molecule has 0 aliphatic carbocycles. The van der Waals surface area contributed by atoms with Crippen LogP contribution in [0.4, 0.5) is 0 Å². The predicted molar refractivity (Wildman–Crippen MR) is 78.8 cm³/mol. The van der Waals surface area contributed by atoms with E-state index in [2.05, 4.69) is 30.9 Å². The molecule has 1 aromatic rings. The van der Waals surface area contributed by atoms with Crippen molar-refractivity contribution in [3.05, 3.63) is 35.9 Å². The Kier molecular flexibility index (Phi) is 4.97. The van der Waals surface area contributed by atoms with Gasteiger partial charge in [-0.25, -0.2) is 0 Å². The van der Waals surface area contributed by atoms with Crippen LogP contribution in [0.25, 0.3) is 0 Å². The quantitative estimate of drug-likeness (QED) is 0.873. The largest absolute Gasteiger partial charge is 0.393 e. The number of hydrogen-bond donors (Lipinski definition) is 2. The molecule has 3 nitrogen and oxygen atoms in total.